The number of aromatic nitrogens is 5. The molecule has 28 heavy (non-hydrogen) atoms. The highest BCUT2D eigenvalue weighted by Gasteiger charge is 2.13. The molecule has 3 rings (SSSR count). The lowest BCUT2D eigenvalue weighted by Crippen LogP contribution is -2.22. The Morgan fingerprint density at radius 1 is 1.18 bits per heavy atom. The van der Waals surface area contributed by atoms with Gasteiger partial charge < -0.3 is 20.5 Å². The highest BCUT2D eigenvalue weighted by Crippen LogP contribution is 2.25. The fourth-order valence-corrected chi connectivity index (χ4v) is 2.24. The molecule has 11 heteroatoms. The Kier molecular flexibility index (Phi) is 5.44. The van der Waals surface area contributed by atoms with Crippen LogP contribution in [0.4, 0.5) is 17.6 Å². The monoisotopic (exact) mass is 383 g/mol. The third-order valence-corrected chi connectivity index (χ3v) is 3.55. The van der Waals surface area contributed by atoms with Gasteiger partial charge in [0, 0.05) is 13.1 Å². The molecular weight excluding hydrogens is 366 g/mol. The summed E-state index contributed by atoms with van der Waals surface area (Å²) in [5, 5.41) is 6.80. The van der Waals surface area contributed by atoms with Gasteiger partial charge in [0.1, 0.15) is 5.75 Å². The maximum Gasteiger partial charge on any atom is 0.359 e. The maximum absolute atomic E-state index is 12.1. The van der Waals surface area contributed by atoms with Crippen molar-refractivity contribution in [3.8, 4) is 5.75 Å². The number of aryl methyl sites for hydroxylation is 1. The Hall–Kier alpha value is -4.02. The van der Waals surface area contributed by atoms with Gasteiger partial charge >= 0.3 is 5.97 Å². The van der Waals surface area contributed by atoms with Crippen LogP contribution in [0.25, 0.3) is 0 Å². The second kappa shape index (κ2) is 8.12. The zero-order valence-electron chi connectivity index (χ0n) is 15.1. The van der Waals surface area contributed by atoms with E-state index < -0.39 is 5.97 Å². The summed E-state index contributed by atoms with van der Waals surface area (Å²) < 4.78 is 11.4. The van der Waals surface area contributed by atoms with E-state index in [0.29, 0.717) is 11.4 Å². The number of carbonyl (C=O) groups is 1. The van der Waals surface area contributed by atoms with E-state index in [-0.39, 0.29) is 35.6 Å². The number of nitrogens with one attached hydrogen (secondary N) is 1. The van der Waals surface area contributed by atoms with Crippen molar-refractivity contribution in [2.24, 2.45) is 7.05 Å². The summed E-state index contributed by atoms with van der Waals surface area (Å²) in [6.07, 6.45) is 0. The van der Waals surface area contributed by atoms with E-state index in [1.807, 2.05) is 12.1 Å². The van der Waals surface area contributed by atoms with E-state index in [1.54, 1.807) is 19.2 Å². The van der Waals surface area contributed by atoms with Crippen LogP contribution >= 0.6 is 0 Å². The molecule has 0 atom stereocenters. The first-order valence-corrected chi connectivity index (χ1v) is 8.08. The SMILES string of the molecule is COc1ccccc1Nc1nc(N)nc(COC(=O)c2ccc(=O)n(C)n2)n1. The van der Waals surface area contributed by atoms with Crippen molar-refractivity contribution in [2.45, 2.75) is 6.61 Å². The number of anilines is 3. The van der Waals surface area contributed by atoms with Gasteiger partial charge in [-0.3, -0.25) is 4.79 Å². The Morgan fingerprint density at radius 3 is 2.71 bits per heavy atom. The molecule has 0 fully saturated rings. The van der Waals surface area contributed by atoms with E-state index in [2.05, 4.69) is 25.4 Å². The number of rotatable bonds is 6. The van der Waals surface area contributed by atoms with Crippen LogP contribution in [0.1, 0.15) is 16.3 Å². The largest absolute Gasteiger partial charge is 0.495 e. The van der Waals surface area contributed by atoms with Crippen molar-refractivity contribution < 1.29 is 14.3 Å². The lowest BCUT2D eigenvalue weighted by atomic mass is 10.3. The molecule has 0 aliphatic carbocycles. The van der Waals surface area contributed by atoms with E-state index in [0.717, 1.165) is 4.68 Å². The number of nitrogens with zero attached hydrogens (tertiary/aromatic N) is 5. The fourth-order valence-electron chi connectivity index (χ4n) is 2.24. The zero-order valence-corrected chi connectivity index (χ0v) is 15.1. The topological polar surface area (TPSA) is 147 Å². The molecule has 0 radical (unpaired) electrons. The molecule has 144 valence electrons. The summed E-state index contributed by atoms with van der Waals surface area (Å²) >= 11 is 0. The molecule has 0 saturated heterocycles. The minimum atomic E-state index is -0.728. The molecule has 0 amide bonds. The van der Waals surface area contributed by atoms with Crippen LogP contribution in [0.15, 0.2) is 41.2 Å². The molecule has 0 aliphatic rings. The summed E-state index contributed by atoms with van der Waals surface area (Å²) in [7, 11) is 2.97. The lowest BCUT2D eigenvalue weighted by molar-refractivity contribution is 0.0452. The van der Waals surface area contributed by atoms with Gasteiger partial charge in [0.25, 0.3) is 5.56 Å². The van der Waals surface area contributed by atoms with Crippen molar-refractivity contribution >= 4 is 23.6 Å². The van der Waals surface area contributed by atoms with Gasteiger partial charge in [-0.05, 0) is 18.2 Å². The van der Waals surface area contributed by atoms with Gasteiger partial charge in [-0.15, -0.1) is 0 Å². The Labute approximate surface area is 159 Å². The first-order chi connectivity index (χ1) is 13.5. The van der Waals surface area contributed by atoms with Crippen molar-refractivity contribution in [2.75, 3.05) is 18.2 Å². The third-order valence-electron chi connectivity index (χ3n) is 3.55. The summed E-state index contributed by atoms with van der Waals surface area (Å²) in [5.41, 5.74) is 5.99. The van der Waals surface area contributed by atoms with E-state index in [4.69, 9.17) is 15.2 Å². The molecule has 2 aromatic heterocycles. The van der Waals surface area contributed by atoms with Gasteiger partial charge in [-0.2, -0.15) is 20.1 Å². The smallest absolute Gasteiger partial charge is 0.359 e. The van der Waals surface area contributed by atoms with Gasteiger partial charge in [0.05, 0.1) is 12.8 Å². The summed E-state index contributed by atoms with van der Waals surface area (Å²) in [6.45, 7) is -0.253. The van der Waals surface area contributed by atoms with Crippen LogP contribution in [-0.2, 0) is 18.4 Å². The molecule has 0 spiro atoms. The minimum Gasteiger partial charge on any atom is -0.495 e. The number of benzene rings is 1. The van der Waals surface area contributed by atoms with Crippen LogP contribution in [0.2, 0.25) is 0 Å². The normalized spacial score (nSPS) is 10.4. The number of hydrogen-bond acceptors (Lipinski definition) is 10. The standard InChI is InChI=1S/C17H17N7O4/c1-24-14(25)8-7-11(23-24)15(26)28-9-13-20-16(18)22-17(21-13)19-10-5-3-4-6-12(10)27-2/h3-8H,9H2,1-2H3,(H3,18,19,20,21,22). The maximum atomic E-state index is 12.1. The molecule has 0 bridgehead atoms. The van der Waals surface area contributed by atoms with Crippen molar-refractivity contribution in [3.05, 3.63) is 58.3 Å². The number of carbonyl (C=O) groups excluding carboxylic acids is 1. The van der Waals surface area contributed by atoms with Gasteiger partial charge in [0.15, 0.2) is 18.1 Å². The molecule has 2 heterocycles. The van der Waals surface area contributed by atoms with Gasteiger partial charge in [-0.25, -0.2) is 9.48 Å². The molecular formula is C17H17N7O4. The van der Waals surface area contributed by atoms with E-state index in [1.165, 1.54) is 19.2 Å². The van der Waals surface area contributed by atoms with Gasteiger partial charge in [0.2, 0.25) is 11.9 Å². The number of methoxy groups -OCH3 is 1. The Morgan fingerprint density at radius 2 is 1.96 bits per heavy atom. The van der Waals surface area contributed by atoms with Crippen molar-refractivity contribution in [1.29, 1.82) is 0 Å². The number of para-hydroxylation sites is 2. The number of ether oxygens (including phenoxy) is 2. The van der Waals surface area contributed by atoms with E-state index >= 15 is 0 Å². The predicted molar refractivity (Wildman–Crippen MR) is 99.1 cm³/mol. The predicted octanol–water partition coefficient (Wildman–Crippen LogP) is 0.657. The minimum absolute atomic E-state index is 0.0171. The lowest BCUT2D eigenvalue weighted by Gasteiger charge is -2.10. The second-order valence-electron chi connectivity index (χ2n) is 5.52. The number of nitrogens with two attached hydrogens (primary N) is 1. The fraction of sp³-hybridized carbons (Fsp3) is 0.176. The van der Waals surface area contributed by atoms with E-state index in [9.17, 15) is 9.59 Å². The third kappa shape index (κ3) is 4.38. The highest BCUT2D eigenvalue weighted by atomic mass is 16.5. The second-order valence-corrected chi connectivity index (χ2v) is 5.52. The quantitative estimate of drug-likeness (QED) is 0.581. The molecule has 0 aliphatic heterocycles. The molecule has 0 saturated carbocycles. The summed E-state index contributed by atoms with van der Waals surface area (Å²) in [5.74, 6) is 0.133. The zero-order chi connectivity index (χ0) is 20.1. The average Bonchev–Trinajstić information content (AvgIpc) is 2.68. The summed E-state index contributed by atoms with van der Waals surface area (Å²) in [4.78, 5) is 35.6. The van der Waals surface area contributed by atoms with Gasteiger partial charge in [-0.1, -0.05) is 12.1 Å². The first kappa shape index (κ1) is 18.8. The van der Waals surface area contributed by atoms with Crippen LogP contribution in [0.3, 0.4) is 0 Å². The van der Waals surface area contributed by atoms with Crippen LogP contribution < -0.4 is 21.3 Å². The number of hydrogen-bond donors (Lipinski definition) is 2. The van der Waals surface area contributed by atoms with Crippen LogP contribution in [-0.4, -0.2) is 37.8 Å². The summed E-state index contributed by atoms with van der Waals surface area (Å²) in [6, 6.07) is 9.70. The van der Waals surface area contributed by atoms with Crippen LogP contribution in [0.5, 0.6) is 5.75 Å². The number of esters is 1. The van der Waals surface area contributed by atoms with Crippen LogP contribution in [0, 0.1) is 0 Å². The van der Waals surface area contributed by atoms with Crippen molar-refractivity contribution in [1.82, 2.24) is 24.7 Å². The van der Waals surface area contributed by atoms with Crippen molar-refractivity contribution in [3.63, 3.8) is 0 Å². The number of nitrogen functional groups attached to an aromatic ring is 1. The molecule has 0 unspecified atom stereocenters. The average molecular weight is 383 g/mol. The molecule has 3 N–H and O–H groups in total. The Balaban J connectivity index is 1.73. The Bertz CT molecular complexity index is 1070. The molecule has 3 aromatic rings. The first-order valence-electron chi connectivity index (χ1n) is 8.08. The molecule has 1 aromatic carbocycles. The molecule has 11 nitrogen and oxygen atoms in total. The highest BCUT2D eigenvalue weighted by molar-refractivity contribution is 5.86.